The van der Waals surface area contributed by atoms with E-state index in [1.807, 2.05) is 4.90 Å². The zero-order valence-corrected chi connectivity index (χ0v) is 15.2. The molecule has 1 aliphatic heterocycles. The highest BCUT2D eigenvalue weighted by Gasteiger charge is 2.27. The van der Waals surface area contributed by atoms with Crippen LogP contribution in [-0.2, 0) is 14.8 Å². The van der Waals surface area contributed by atoms with E-state index in [-0.39, 0.29) is 11.9 Å². The van der Waals surface area contributed by atoms with Crippen LogP contribution in [0.2, 0.25) is 0 Å². The number of nitrogens with zero attached hydrogens (tertiary/aromatic N) is 1. The van der Waals surface area contributed by atoms with Crippen molar-refractivity contribution in [2.45, 2.75) is 76.7 Å². The quantitative estimate of drug-likeness (QED) is 0.772. The highest BCUT2D eigenvalue weighted by atomic mass is 32.2. The fraction of sp³-hybridized carbons (Fsp3) is 0.941. The van der Waals surface area contributed by atoms with Gasteiger partial charge in [0.25, 0.3) is 0 Å². The van der Waals surface area contributed by atoms with Crippen molar-refractivity contribution < 1.29 is 13.2 Å². The molecule has 134 valence electrons. The Labute approximate surface area is 141 Å². The zero-order valence-electron chi connectivity index (χ0n) is 14.4. The van der Waals surface area contributed by atoms with Crippen molar-refractivity contribution in [1.29, 1.82) is 0 Å². The summed E-state index contributed by atoms with van der Waals surface area (Å²) in [5, 5.41) is 0. The van der Waals surface area contributed by atoms with Crippen LogP contribution in [0.4, 0.5) is 0 Å². The summed E-state index contributed by atoms with van der Waals surface area (Å²) in [6.07, 6.45) is 13.4. The van der Waals surface area contributed by atoms with Crippen LogP contribution in [0.15, 0.2) is 0 Å². The Kier molecular flexibility index (Phi) is 7.34. The Bertz CT molecular complexity index is 472. The van der Waals surface area contributed by atoms with Crippen molar-refractivity contribution >= 4 is 15.9 Å². The van der Waals surface area contributed by atoms with Gasteiger partial charge in [-0.1, -0.05) is 32.1 Å². The maximum Gasteiger partial charge on any atom is 0.222 e. The predicted octanol–water partition coefficient (Wildman–Crippen LogP) is 2.67. The molecule has 5 nitrogen and oxygen atoms in total. The number of sulfonamides is 1. The molecule has 1 aliphatic carbocycles. The summed E-state index contributed by atoms with van der Waals surface area (Å²) in [7, 11) is -3.14. The van der Waals surface area contributed by atoms with Crippen LogP contribution in [0.5, 0.6) is 0 Å². The monoisotopic (exact) mass is 344 g/mol. The summed E-state index contributed by atoms with van der Waals surface area (Å²) >= 11 is 0. The lowest BCUT2D eigenvalue weighted by molar-refractivity contribution is -0.135. The Hall–Kier alpha value is -0.620. The van der Waals surface area contributed by atoms with Gasteiger partial charge < -0.3 is 4.90 Å². The molecule has 0 spiro atoms. The van der Waals surface area contributed by atoms with Crippen LogP contribution >= 0.6 is 0 Å². The number of carbonyl (C=O) groups excluding carboxylic acids is 1. The van der Waals surface area contributed by atoms with Gasteiger partial charge in [-0.05, 0) is 38.0 Å². The van der Waals surface area contributed by atoms with E-state index in [2.05, 4.69) is 4.72 Å². The van der Waals surface area contributed by atoms with Gasteiger partial charge in [-0.15, -0.1) is 0 Å². The molecule has 2 aliphatic rings. The van der Waals surface area contributed by atoms with Gasteiger partial charge in [0.05, 0.1) is 6.26 Å². The predicted molar refractivity (Wildman–Crippen MR) is 92.6 cm³/mol. The number of rotatable bonds is 7. The molecule has 1 atom stereocenters. The Morgan fingerprint density at radius 3 is 2.43 bits per heavy atom. The van der Waals surface area contributed by atoms with E-state index in [1.165, 1.54) is 38.4 Å². The van der Waals surface area contributed by atoms with Gasteiger partial charge in [-0.2, -0.15) is 0 Å². The van der Waals surface area contributed by atoms with Crippen LogP contribution in [0, 0.1) is 5.92 Å². The third kappa shape index (κ3) is 6.79. The molecular formula is C17H32N2O3S. The smallest absolute Gasteiger partial charge is 0.222 e. The molecule has 1 unspecified atom stereocenters. The van der Waals surface area contributed by atoms with E-state index in [0.717, 1.165) is 44.6 Å². The summed E-state index contributed by atoms with van der Waals surface area (Å²) < 4.78 is 24.9. The fourth-order valence-electron chi connectivity index (χ4n) is 3.99. The highest BCUT2D eigenvalue weighted by molar-refractivity contribution is 7.88. The molecule has 0 aromatic heterocycles. The van der Waals surface area contributed by atoms with Gasteiger partial charge in [0.15, 0.2) is 0 Å². The number of likely N-dealkylation sites (tertiary alicyclic amines) is 1. The largest absolute Gasteiger partial charge is 0.340 e. The Balaban J connectivity index is 1.78. The number of carbonyl (C=O) groups is 1. The van der Waals surface area contributed by atoms with Gasteiger partial charge in [0.2, 0.25) is 15.9 Å². The molecule has 0 aromatic carbocycles. The average Bonchev–Trinajstić information content (AvgIpc) is 2.53. The van der Waals surface area contributed by atoms with Crippen LogP contribution in [0.25, 0.3) is 0 Å². The third-order valence-electron chi connectivity index (χ3n) is 5.28. The Morgan fingerprint density at radius 1 is 1.04 bits per heavy atom. The second kappa shape index (κ2) is 9.02. The lowest BCUT2D eigenvalue weighted by Crippen LogP contribution is -2.45. The standard InChI is InChI=1S/C17H32N2O3S/c1-23(21,22)18-13-12-16-9-5-6-14-19(16)17(20)11-10-15-7-3-2-4-8-15/h15-16,18H,2-14H2,1H3. The summed E-state index contributed by atoms with van der Waals surface area (Å²) in [6, 6.07) is 0.205. The second-order valence-corrected chi connectivity index (χ2v) is 9.07. The fourth-order valence-corrected chi connectivity index (χ4v) is 4.48. The van der Waals surface area contributed by atoms with Gasteiger partial charge in [-0.25, -0.2) is 13.1 Å². The molecule has 0 bridgehead atoms. The summed E-state index contributed by atoms with van der Waals surface area (Å²) in [6.45, 7) is 1.27. The molecule has 1 N–H and O–H groups in total. The van der Waals surface area contributed by atoms with Gasteiger partial charge in [0, 0.05) is 25.6 Å². The van der Waals surface area contributed by atoms with Crippen LogP contribution in [0.1, 0.15) is 70.6 Å². The SMILES string of the molecule is CS(=O)(=O)NCCC1CCCCN1C(=O)CCC1CCCCC1. The van der Waals surface area contributed by atoms with E-state index in [4.69, 9.17) is 0 Å². The number of hydrogen-bond acceptors (Lipinski definition) is 3. The number of piperidine rings is 1. The first-order valence-electron chi connectivity index (χ1n) is 9.20. The first-order chi connectivity index (χ1) is 11.0. The first-order valence-corrected chi connectivity index (χ1v) is 11.1. The molecule has 0 radical (unpaired) electrons. The number of nitrogens with one attached hydrogen (secondary N) is 1. The minimum Gasteiger partial charge on any atom is -0.340 e. The molecule has 1 saturated carbocycles. The van der Waals surface area contributed by atoms with E-state index in [9.17, 15) is 13.2 Å². The molecule has 1 amide bonds. The molecule has 2 rings (SSSR count). The molecule has 1 heterocycles. The molecular weight excluding hydrogens is 312 g/mol. The van der Waals surface area contributed by atoms with Crippen molar-refractivity contribution in [3.8, 4) is 0 Å². The van der Waals surface area contributed by atoms with Crippen LogP contribution in [0.3, 0.4) is 0 Å². The lowest BCUT2D eigenvalue weighted by Gasteiger charge is -2.36. The van der Waals surface area contributed by atoms with Gasteiger partial charge in [-0.3, -0.25) is 4.79 Å². The van der Waals surface area contributed by atoms with Crippen molar-refractivity contribution in [2.24, 2.45) is 5.92 Å². The van der Waals surface area contributed by atoms with Gasteiger partial charge >= 0.3 is 0 Å². The molecule has 2 fully saturated rings. The normalized spacial score (nSPS) is 23.9. The third-order valence-corrected chi connectivity index (χ3v) is 6.01. The second-order valence-electron chi connectivity index (χ2n) is 7.23. The van der Waals surface area contributed by atoms with E-state index < -0.39 is 10.0 Å². The van der Waals surface area contributed by atoms with Crippen molar-refractivity contribution in [3.05, 3.63) is 0 Å². The Morgan fingerprint density at radius 2 is 1.74 bits per heavy atom. The molecule has 1 saturated heterocycles. The highest BCUT2D eigenvalue weighted by Crippen LogP contribution is 2.28. The van der Waals surface area contributed by atoms with Crippen molar-refractivity contribution in [3.63, 3.8) is 0 Å². The topological polar surface area (TPSA) is 66.5 Å². The molecule has 6 heteroatoms. The van der Waals surface area contributed by atoms with Crippen molar-refractivity contribution in [1.82, 2.24) is 9.62 Å². The number of amides is 1. The average molecular weight is 345 g/mol. The van der Waals surface area contributed by atoms with Crippen LogP contribution < -0.4 is 4.72 Å². The minimum atomic E-state index is -3.14. The van der Waals surface area contributed by atoms with Gasteiger partial charge in [0.1, 0.15) is 0 Å². The molecule has 0 aromatic rings. The molecule has 23 heavy (non-hydrogen) atoms. The summed E-state index contributed by atoms with van der Waals surface area (Å²) in [5.41, 5.74) is 0. The maximum absolute atomic E-state index is 12.6. The first kappa shape index (κ1) is 18.7. The van der Waals surface area contributed by atoms with Crippen LogP contribution in [-0.4, -0.2) is 44.6 Å². The van der Waals surface area contributed by atoms with E-state index in [0.29, 0.717) is 13.0 Å². The maximum atomic E-state index is 12.6. The zero-order chi connectivity index (χ0) is 16.7. The lowest BCUT2D eigenvalue weighted by atomic mass is 9.86. The summed E-state index contributed by atoms with van der Waals surface area (Å²) in [5.74, 6) is 1.02. The van der Waals surface area contributed by atoms with E-state index in [1.54, 1.807) is 0 Å². The minimum absolute atomic E-state index is 0.205. The summed E-state index contributed by atoms with van der Waals surface area (Å²) in [4.78, 5) is 14.6. The van der Waals surface area contributed by atoms with Crippen molar-refractivity contribution in [2.75, 3.05) is 19.3 Å². The van der Waals surface area contributed by atoms with E-state index >= 15 is 0 Å². The number of hydrogen-bond donors (Lipinski definition) is 1.